The summed E-state index contributed by atoms with van der Waals surface area (Å²) in [5, 5.41) is 6.57. The number of hydrogen-bond donors (Lipinski definition) is 2. The van der Waals surface area contributed by atoms with E-state index >= 15 is 0 Å². The van der Waals surface area contributed by atoms with Crippen molar-refractivity contribution in [2.75, 3.05) is 72.1 Å². The van der Waals surface area contributed by atoms with Gasteiger partial charge in [-0.05, 0) is 20.4 Å². The minimum atomic E-state index is 0.722. The Hall–Kier alpha value is -0.850. The van der Waals surface area contributed by atoms with E-state index in [-0.39, 0.29) is 0 Å². The van der Waals surface area contributed by atoms with Crippen LogP contribution in [0.4, 0.5) is 0 Å². The third-order valence-corrected chi connectivity index (χ3v) is 3.69. The number of likely N-dealkylation sites (N-methyl/N-ethyl adjacent to an activating group) is 1. The van der Waals surface area contributed by atoms with Gasteiger partial charge in [0, 0.05) is 52.4 Å². The molecule has 21 heavy (non-hydrogen) atoms. The minimum absolute atomic E-state index is 0.722. The fourth-order valence-corrected chi connectivity index (χ4v) is 2.36. The number of nitrogens with one attached hydrogen (secondary N) is 2. The molecule has 0 saturated carbocycles. The first kappa shape index (κ1) is 18.2. The van der Waals surface area contributed by atoms with Crippen molar-refractivity contribution in [3.05, 3.63) is 0 Å². The third kappa shape index (κ3) is 8.24. The van der Waals surface area contributed by atoms with Crippen molar-refractivity contribution in [1.29, 1.82) is 0 Å². The van der Waals surface area contributed by atoms with Crippen LogP contribution in [0.2, 0.25) is 0 Å². The van der Waals surface area contributed by atoms with E-state index in [1.165, 1.54) is 19.6 Å². The Morgan fingerprint density at radius 3 is 2.38 bits per heavy atom. The average Bonchev–Trinajstić information content (AvgIpc) is 2.52. The summed E-state index contributed by atoms with van der Waals surface area (Å²) in [6, 6.07) is 0. The van der Waals surface area contributed by atoms with Gasteiger partial charge in [0.15, 0.2) is 5.96 Å². The number of nitrogens with zero attached hydrogens (tertiary/aromatic N) is 3. The SMILES string of the molecule is CCNC(=NCCN1CCN(CC)CC1)NCCOCC. The first-order valence-corrected chi connectivity index (χ1v) is 8.34. The quantitative estimate of drug-likeness (QED) is 0.362. The van der Waals surface area contributed by atoms with Gasteiger partial charge in [-0.15, -0.1) is 0 Å². The van der Waals surface area contributed by atoms with Crippen LogP contribution in [0.5, 0.6) is 0 Å². The van der Waals surface area contributed by atoms with E-state index in [9.17, 15) is 0 Å². The van der Waals surface area contributed by atoms with E-state index in [1.54, 1.807) is 0 Å². The number of guanidine groups is 1. The molecule has 0 unspecified atom stereocenters. The average molecular weight is 299 g/mol. The second kappa shape index (κ2) is 11.8. The predicted molar refractivity (Wildman–Crippen MR) is 89.0 cm³/mol. The lowest BCUT2D eigenvalue weighted by atomic mass is 10.3. The van der Waals surface area contributed by atoms with Crippen LogP contribution in [0.3, 0.4) is 0 Å². The van der Waals surface area contributed by atoms with Crippen molar-refractivity contribution in [3.63, 3.8) is 0 Å². The first-order chi connectivity index (χ1) is 10.3. The Bertz CT molecular complexity index is 277. The number of aliphatic imine (C=N–C) groups is 1. The second-order valence-electron chi connectivity index (χ2n) is 5.16. The van der Waals surface area contributed by atoms with Crippen LogP contribution in [0.25, 0.3) is 0 Å². The summed E-state index contributed by atoms with van der Waals surface area (Å²) in [5.74, 6) is 0.893. The van der Waals surface area contributed by atoms with Crippen LogP contribution < -0.4 is 10.6 Å². The Balaban J connectivity index is 2.20. The van der Waals surface area contributed by atoms with Gasteiger partial charge in [-0.3, -0.25) is 9.89 Å². The van der Waals surface area contributed by atoms with Crippen LogP contribution >= 0.6 is 0 Å². The Morgan fingerprint density at radius 1 is 1.05 bits per heavy atom. The molecule has 2 N–H and O–H groups in total. The Kier molecular flexibility index (Phi) is 10.2. The highest BCUT2D eigenvalue weighted by Crippen LogP contribution is 2.00. The number of hydrogen-bond acceptors (Lipinski definition) is 4. The predicted octanol–water partition coefficient (Wildman–Crippen LogP) is 0.216. The van der Waals surface area contributed by atoms with E-state index in [1.807, 2.05) is 6.92 Å². The fraction of sp³-hybridized carbons (Fsp3) is 0.933. The molecule has 1 rings (SSSR count). The van der Waals surface area contributed by atoms with Crippen molar-refractivity contribution in [2.24, 2.45) is 4.99 Å². The minimum Gasteiger partial charge on any atom is -0.380 e. The largest absolute Gasteiger partial charge is 0.380 e. The number of ether oxygens (including phenoxy) is 1. The van der Waals surface area contributed by atoms with Crippen molar-refractivity contribution in [2.45, 2.75) is 20.8 Å². The standard InChI is InChI=1S/C15H33N5O/c1-4-16-15(18-8-14-21-6-3)17-7-9-20-12-10-19(5-2)11-13-20/h4-14H2,1-3H3,(H2,16,17,18). The molecule has 1 heterocycles. The summed E-state index contributed by atoms with van der Waals surface area (Å²) in [6.07, 6.45) is 0. The zero-order chi connectivity index (χ0) is 15.3. The lowest BCUT2D eigenvalue weighted by Crippen LogP contribution is -2.47. The molecular weight excluding hydrogens is 266 g/mol. The van der Waals surface area contributed by atoms with Gasteiger partial charge in [0.1, 0.15) is 0 Å². The van der Waals surface area contributed by atoms with Gasteiger partial charge >= 0.3 is 0 Å². The van der Waals surface area contributed by atoms with Crippen LogP contribution in [0, 0.1) is 0 Å². The smallest absolute Gasteiger partial charge is 0.191 e. The molecule has 6 heteroatoms. The van der Waals surface area contributed by atoms with Gasteiger partial charge in [0.2, 0.25) is 0 Å². The van der Waals surface area contributed by atoms with E-state index in [0.717, 1.165) is 58.4 Å². The lowest BCUT2D eigenvalue weighted by molar-refractivity contribution is 0.140. The zero-order valence-electron chi connectivity index (χ0n) is 14.0. The molecule has 1 aliphatic rings. The molecule has 0 radical (unpaired) electrons. The van der Waals surface area contributed by atoms with Crippen LogP contribution in [0.15, 0.2) is 4.99 Å². The molecule has 0 atom stereocenters. The summed E-state index contributed by atoms with van der Waals surface area (Å²) >= 11 is 0. The zero-order valence-corrected chi connectivity index (χ0v) is 14.0. The van der Waals surface area contributed by atoms with Crippen molar-refractivity contribution in [3.8, 4) is 0 Å². The highest BCUT2D eigenvalue weighted by atomic mass is 16.5. The van der Waals surface area contributed by atoms with Gasteiger partial charge in [0.25, 0.3) is 0 Å². The highest BCUT2D eigenvalue weighted by molar-refractivity contribution is 5.79. The van der Waals surface area contributed by atoms with E-state index < -0.39 is 0 Å². The van der Waals surface area contributed by atoms with Crippen LogP contribution in [-0.2, 0) is 4.74 Å². The molecule has 0 bridgehead atoms. The van der Waals surface area contributed by atoms with E-state index in [4.69, 9.17) is 4.74 Å². The second-order valence-corrected chi connectivity index (χ2v) is 5.16. The molecule has 0 aromatic carbocycles. The number of rotatable bonds is 9. The van der Waals surface area contributed by atoms with E-state index in [0.29, 0.717) is 0 Å². The summed E-state index contributed by atoms with van der Waals surface area (Å²) in [7, 11) is 0. The topological polar surface area (TPSA) is 52.1 Å². The molecular formula is C15H33N5O. The highest BCUT2D eigenvalue weighted by Gasteiger charge is 2.14. The van der Waals surface area contributed by atoms with E-state index in [2.05, 4.69) is 39.3 Å². The molecule has 0 aliphatic carbocycles. The molecule has 0 aromatic rings. The van der Waals surface area contributed by atoms with Gasteiger partial charge < -0.3 is 20.3 Å². The van der Waals surface area contributed by atoms with Gasteiger partial charge in [-0.1, -0.05) is 6.92 Å². The van der Waals surface area contributed by atoms with Crippen molar-refractivity contribution < 1.29 is 4.74 Å². The number of piperazine rings is 1. The molecule has 1 fully saturated rings. The molecule has 0 amide bonds. The fourth-order valence-electron chi connectivity index (χ4n) is 2.36. The maximum Gasteiger partial charge on any atom is 0.191 e. The summed E-state index contributed by atoms with van der Waals surface area (Å²) in [5.41, 5.74) is 0. The summed E-state index contributed by atoms with van der Waals surface area (Å²) < 4.78 is 5.32. The van der Waals surface area contributed by atoms with Crippen molar-refractivity contribution >= 4 is 5.96 Å². The van der Waals surface area contributed by atoms with Gasteiger partial charge in [-0.2, -0.15) is 0 Å². The molecule has 1 aliphatic heterocycles. The van der Waals surface area contributed by atoms with Crippen molar-refractivity contribution in [1.82, 2.24) is 20.4 Å². The normalized spacial score (nSPS) is 18.0. The molecule has 124 valence electrons. The lowest BCUT2D eigenvalue weighted by Gasteiger charge is -2.33. The summed E-state index contributed by atoms with van der Waals surface area (Å²) in [6.45, 7) is 17.3. The first-order valence-electron chi connectivity index (χ1n) is 8.34. The third-order valence-electron chi connectivity index (χ3n) is 3.69. The monoisotopic (exact) mass is 299 g/mol. The maximum absolute atomic E-state index is 5.32. The maximum atomic E-state index is 5.32. The van der Waals surface area contributed by atoms with Crippen LogP contribution in [-0.4, -0.2) is 87.9 Å². The van der Waals surface area contributed by atoms with Crippen LogP contribution in [0.1, 0.15) is 20.8 Å². The Morgan fingerprint density at radius 2 is 1.76 bits per heavy atom. The summed E-state index contributed by atoms with van der Waals surface area (Å²) in [4.78, 5) is 9.63. The molecule has 0 aromatic heterocycles. The molecule has 0 spiro atoms. The molecule has 6 nitrogen and oxygen atoms in total. The van der Waals surface area contributed by atoms with Gasteiger partial charge in [0.05, 0.1) is 13.2 Å². The molecule has 1 saturated heterocycles. The Labute approximate surface area is 129 Å². The van der Waals surface area contributed by atoms with Gasteiger partial charge in [-0.25, -0.2) is 0 Å².